The van der Waals surface area contributed by atoms with Crippen LogP contribution in [-0.2, 0) is 23.3 Å². The number of halogens is 1. The van der Waals surface area contributed by atoms with Crippen molar-refractivity contribution in [1.29, 1.82) is 0 Å². The molecular weight excluding hydrogens is 341 g/mol. The van der Waals surface area contributed by atoms with Gasteiger partial charge in [-0.3, -0.25) is 0 Å². The summed E-state index contributed by atoms with van der Waals surface area (Å²) < 4.78 is 18.8. The van der Waals surface area contributed by atoms with Crippen LogP contribution in [0.1, 0.15) is 36.5 Å². The van der Waals surface area contributed by atoms with Gasteiger partial charge in [0.1, 0.15) is 5.82 Å². The lowest BCUT2D eigenvalue weighted by Gasteiger charge is -2.19. The third kappa shape index (κ3) is 5.30. The van der Waals surface area contributed by atoms with E-state index in [2.05, 4.69) is 35.8 Å². The molecule has 1 aliphatic carbocycles. The van der Waals surface area contributed by atoms with Crippen LogP contribution in [-0.4, -0.2) is 26.2 Å². The van der Waals surface area contributed by atoms with Crippen LogP contribution in [0.4, 0.5) is 4.39 Å². The highest BCUT2D eigenvalue weighted by molar-refractivity contribution is 5.80. The lowest BCUT2D eigenvalue weighted by atomic mass is 9.96. The fourth-order valence-electron chi connectivity index (χ4n) is 3.29. The largest absolute Gasteiger partial charge is 0.380 e. The first-order chi connectivity index (χ1) is 13.1. The Morgan fingerprint density at radius 1 is 1.11 bits per heavy atom. The average Bonchev–Trinajstić information content (AvgIpc) is 3.46. The van der Waals surface area contributed by atoms with E-state index in [1.54, 1.807) is 19.2 Å². The number of nitrogens with one attached hydrogen (secondary N) is 2. The fourth-order valence-corrected chi connectivity index (χ4v) is 3.29. The number of benzene rings is 2. The Bertz CT molecular complexity index is 787. The van der Waals surface area contributed by atoms with E-state index in [4.69, 9.17) is 9.73 Å². The molecule has 2 aromatic carbocycles. The Morgan fingerprint density at radius 2 is 1.89 bits per heavy atom. The molecular formula is C22H28FN3O. The van der Waals surface area contributed by atoms with Crippen molar-refractivity contribution in [3.8, 4) is 0 Å². The zero-order chi connectivity index (χ0) is 19.1. The van der Waals surface area contributed by atoms with Crippen LogP contribution in [0, 0.1) is 5.82 Å². The molecule has 4 nitrogen and oxygen atoms in total. The number of hydrogen-bond acceptors (Lipinski definition) is 2. The first-order valence-corrected chi connectivity index (χ1v) is 9.50. The maximum atomic E-state index is 13.6. The Labute approximate surface area is 160 Å². The monoisotopic (exact) mass is 369 g/mol. The number of hydrogen-bond donors (Lipinski definition) is 2. The van der Waals surface area contributed by atoms with Gasteiger partial charge in [-0.2, -0.15) is 0 Å². The standard InChI is InChI=1S/C22H28FN3O/c1-3-24-21(25-14-17-6-4-7-18(12-17)15-27-2)26-16-22(10-11-22)19-8-5-9-20(23)13-19/h4-9,12-13H,3,10-11,14-16H2,1-2H3,(H2,24,25,26). The van der Waals surface area contributed by atoms with E-state index in [1.807, 2.05) is 12.1 Å². The van der Waals surface area contributed by atoms with Crippen LogP contribution in [0.15, 0.2) is 53.5 Å². The Hall–Kier alpha value is -2.40. The highest BCUT2D eigenvalue weighted by Crippen LogP contribution is 2.47. The van der Waals surface area contributed by atoms with Crippen LogP contribution in [0.5, 0.6) is 0 Å². The lowest BCUT2D eigenvalue weighted by Crippen LogP contribution is -2.41. The van der Waals surface area contributed by atoms with Crippen LogP contribution in [0.2, 0.25) is 0 Å². The summed E-state index contributed by atoms with van der Waals surface area (Å²) in [5.41, 5.74) is 3.38. The second kappa shape index (κ2) is 9.00. The van der Waals surface area contributed by atoms with Gasteiger partial charge in [-0.15, -0.1) is 0 Å². The minimum atomic E-state index is -0.171. The van der Waals surface area contributed by atoms with Crippen molar-refractivity contribution in [1.82, 2.24) is 10.6 Å². The van der Waals surface area contributed by atoms with Crippen molar-refractivity contribution < 1.29 is 9.13 Å². The summed E-state index contributed by atoms with van der Waals surface area (Å²) in [7, 11) is 1.70. The lowest BCUT2D eigenvalue weighted by molar-refractivity contribution is 0.185. The maximum Gasteiger partial charge on any atom is 0.191 e. The minimum absolute atomic E-state index is 0.0245. The first kappa shape index (κ1) is 19.4. The molecule has 0 aromatic heterocycles. The van der Waals surface area contributed by atoms with Crippen molar-refractivity contribution >= 4 is 5.96 Å². The molecule has 1 fully saturated rings. The van der Waals surface area contributed by atoms with E-state index < -0.39 is 0 Å². The molecule has 27 heavy (non-hydrogen) atoms. The first-order valence-electron chi connectivity index (χ1n) is 9.50. The minimum Gasteiger partial charge on any atom is -0.380 e. The summed E-state index contributed by atoms with van der Waals surface area (Å²) in [6, 6.07) is 15.2. The smallest absolute Gasteiger partial charge is 0.191 e. The van der Waals surface area contributed by atoms with Crippen molar-refractivity contribution in [2.75, 3.05) is 20.2 Å². The van der Waals surface area contributed by atoms with E-state index in [0.29, 0.717) is 13.2 Å². The summed E-state index contributed by atoms with van der Waals surface area (Å²) in [5, 5.41) is 6.74. The molecule has 5 heteroatoms. The molecule has 3 rings (SSSR count). The van der Waals surface area contributed by atoms with Crippen molar-refractivity contribution in [3.05, 3.63) is 71.0 Å². The molecule has 1 aliphatic rings. The number of ether oxygens (including phenoxy) is 1. The third-order valence-corrected chi connectivity index (χ3v) is 4.95. The topological polar surface area (TPSA) is 45.7 Å². The number of methoxy groups -OCH3 is 1. The van der Waals surface area contributed by atoms with Crippen molar-refractivity contribution in [3.63, 3.8) is 0 Å². The molecule has 0 saturated heterocycles. The molecule has 0 radical (unpaired) electrons. The van der Waals surface area contributed by atoms with Gasteiger partial charge in [0.2, 0.25) is 0 Å². The van der Waals surface area contributed by atoms with Gasteiger partial charge in [0.25, 0.3) is 0 Å². The summed E-state index contributed by atoms with van der Waals surface area (Å²) in [5.74, 6) is 0.618. The molecule has 0 unspecified atom stereocenters. The predicted octanol–water partition coefficient (Wildman–Crippen LogP) is 3.76. The van der Waals surface area contributed by atoms with Gasteiger partial charge in [-0.1, -0.05) is 36.4 Å². The van der Waals surface area contributed by atoms with E-state index in [-0.39, 0.29) is 11.2 Å². The summed E-state index contributed by atoms with van der Waals surface area (Å²) in [6.45, 7) is 4.80. The van der Waals surface area contributed by atoms with Crippen molar-refractivity contribution in [2.45, 2.75) is 38.3 Å². The summed E-state index contributed by atoms with van der Waals surface area (Å²) in [4.78, 5) is 4.71. The molecule has 0 amide bonds. The van der Waals surface area contributed by atoms with Gasteiger partial charge < -0.3 is 15.4 Å². The quantitative estimate of drug-likeness (QED) is 0.550. The summed E-state index contributed by atoms with van der Waals surface area (Å²) in [6.07, 6.45) is 2.14. The zero-order valence-electron chi connectivity index (χ0n) is 16.1. The van der Waals surface area contributed by atoms with Gasteiger partial charge in [0.15, 0.2) is 5.96 Å². The molecule has 2 N–H and O–H groups in total. The van der Waals surface area contributed by atoms with E-state index in [9.17, 15) is 4.39 Å². The Morgan fingerprint density at radius 3 is 2.59 bits per heavy atom. The molecule has 0 aliphatic heterocycles. The van der Waals surface area contributed by atoms with Crippen LogP contribution >= 0.6 is 0 Å². The number of guanidine groups is 1. The SMILES string of the molecule is CCNC(=NCc1cccc(COC)c1)NCC1(c2cccc(F)c2)CC1. The van der Waals surface area contributed by atoms with Gasteiger partial charge in [0, 0.05) is 25.6 Å². The summed E-state index contributed by atoms with van der Waals surface area (Å²) >= 11 is 0. The predicted molar refractivity (Wildman–Crippen MR) is 107 cm³/mol. The third-order valence-electron chi connectivity index (χ3n) is 4.95. The van der Waals surface area contributed by atoms with Gasteiger partial charge in [0.05, 0.1) is 13.2 Å². The van der Waals surface area contributed by atoms with Gasteiger partial charge in [-0.25, -0.2) is 9.38 Å². The van der Waals surface area contributed by atoms with Crippen LogP contribution < -0.4 is 10.6 Å². The van der Waals surface area contributed by atoms with E-state index in [0.717, 1.165) is 48.6 Å². The highest BCUT2D eigenvalue weighted by Gasteiger charge is 2.44. The van der Waals surface area contributed by atoms with Gasteiger partial charge >= 0.3 is 0 Å². The van der Waals surface area contributed by atoms with E-state index >= 15 is 0 Å². The molecule has 1 saturated carbocycles. The molecule has 0 spiro atoms. The molecule has 0 heterocycles. The van der Waals surface area contributed by atoms with Crippen LogP contribution in [0.3, 0.4) is 0 Å². The number of aliphatic imine (C=N–C) groups is 1. The molecule has 0 bridgehead atoms. The normalized spacial score (nSPS) is 15.4. The van der Waals surface area contributed by atoms with Crippen LogP contribution in [0.25, 0.3) is 0 Å². The van der Waals surface area contributed by atoms with Gasteiger partial charge in [-0.05, 0) is 48.6 Å². The molecule has 0 atom stereocenters. The second-order valence-electron chi connectivity index (χ2n) is 7.09. The Kier molecular flexibility index (Phi) is 6.45. The average molecular weight is 369 g/mol. The second-order valence-corrected chi connectivity index (χ2v) is 7.09. The van der Waals surface area contributed by atoms with Crippen molar-refractivity contribution in [2.24, 2.45) is 4.99 Å². The Balaban J connectivity index is 1.63. The zero-order valence-corrected chi connectivity index (χ0v) is 16.1. The number of nitrogens with zero attached hydrogens (tertiary/aromatic N) is 1. The highest BCUT2D eigenvalue weighted by atomic mass is 19.1. The molecule has 2 aromatic rings. The number of rotatable bonds is 8. The van der Waals surface area contributed by atoms with E-state index in [1.165, 1.54) is 6.07 Å². The maximum absolute atomic E-state index is 13.6. The fraction of sp³-hybridized carbons (Fsp3) is 0.409. The molecule has 144 valence electrons.